The highest BCUT2D eigenvalue weighted by Gasteiger charge is 2.10. The van der Waals surface area contributed by atoms with Crippen molar-refractivity contribution in [2.45, 2.75) is 6.54 Å². The lowest BCUT2D eigenvalue weighted by atomic mass is 10.2. The summed E-state index contributed by atoms with van der Waals surface area (Å²) in [6.45, 7) is 0.627. The Bertz CT molecular complexity index is 903. The van der Waals surface area contributed by atoms with Crippen molar-refractivity contribution in [1.29, 1.82) is 0 Å². The van der Waals surface area contributed by atoms with E-state index in [1.807, 2.05) is 18.2 Å². The molecule has 0 aliphatic carbocycles. The number of halogens is 1. The third-order valence-corrected chi connectivity index (χ3v) is 3.94. The number of carbonyl (C=O) groups excluding carboxylic acids is 1. The van der Waals surface area contributed by atoms with Crippen LogP contribution in [0.3, 0.4) is 0 Å². The van der Waals surface area contributed by atoms with Crippen LogP contribution in [0.5, 0.6) is 5.75 Å². The standard InChI is InChI=1S/C19H17ClN4O2/c1-26-18-3-2-15(10-16(18)20)24-19(25)17-11-14(6-9-22-17)23-12-13-4-7-21-8-5-13/h2-11H,12H2,1H3,(H,22,23)(H,24,25). The van der Waals surface area contributed by atoms with Gasteiger partial charge in [-0.05, 0) is 48.0 Å². The lowest BCUT2D eigenvalue weighted by Gasteiger charge is -2.10. The van der Waals surface area contributed by atoms with Gasteiger partial charge >= 0.3 is 0 Å². The molecule has 1 aromatic carbocycles. The molecule has 7 heteroatoms. The molecule has 0 saturated heterocycles. The van der Waals surface area contributed by atoms with Gasteiger partial charge in [-0.15, -0.1) is 0 Å². The molecule has 6 nitrogen and oxygen atoms in total. The monoisotopic (exact) mass is 368 g/mol. The summed E-state index contributed by atoms with van der Waals surface area (Å²) in [6.07, 6.45) is 5.07. The number of hydrogen-bond acceptors (Lipinski definition) is 5. The van der Waals surface area contributed by atoms with Gasteiger partial charge in [0.05, 0.1) is 12.1 Å². The van der Waals surface area contributed by atoms with Gasteiger partial charge in [0, 0.05) is 36.5 Å². The summed E-state index contributed by atoms with van der Waals surface area (Å²) in [5.74, 6) is 0.226. The van der Waals surface area contributed by atoms with E-state index in [9.17, 15) is 4.79 Å². The minimum Gasteiger partial charge on any atom is -0.495 e. The Labute approximate surface area is 156 Å². The number of nitrogens with one attached hydrogen (secondary N) is 2. The van der Waals surface area contributed by atoms with Crippen molar-refractivity contribution in [3.05, 3.63) is 77.3 Å². The molecule has 1 amide bonds. The summed E-state index contributed by atoms with van der Waals surface area (Å²) >= 11 is 6.08. The van der Waals surface area contributed by atoms with Gasteiger partial charge in [0.25, 0.3) is 5.91 Å². The summed E-state index contributed by atoms with van der Waals surface area (Å²) in [5.41, 5.74) is 2.76. The molecule has 0 aliphatic rings. The summed E-state index contributed by atoms with van der Waals surface area (Å²) in [7, 11) is 1.54. The molecule has 132 valence electrons. The van der Waals surface area contributed by atoms with Crippen molar-refractivity contribution in [1.82, 2.24) is 9.97 Å². The predicted molar refractivity (Wildman–Crippen MR) is 102 cm³/mol. The van der Waals surface area contributed by atoms with E-state index in [0.29, 0.717) is 28.7 Å². The van der Waals surface area contributed by atoms with Gasteiger partial charge in [0.15, 0.2) is 0 Å². The topological polar surface area (TPSA) is 76.1 Å². The van der Waals surface area contributed by atoms with Crippen molar-refractivity contribution in [3.63, 3.8) is 0 Å². The van der Waals surface area contributed by atoms with Crippen LogP contribution in [0.15, 0.2) is 61.1 Å². The second kappa shape index (κ2) is 8.31. The van der Waals surface area contributed by atoms with E-state index in [1.54, 1.807) is 42.9 Å². The summed E-state index contributed by atoms with van der Waals surface area (Å²) in [4.78, 5) is 20.5. The van der Waals surface area contributed by atoms with Gasteiger partial charge in [0.2, 0.25) is 0 Å². The summed E-state index contributed by atoms with van der Waals surface area (Å²) < 4.78 is 5.10. The number of aromatic nitrogens is 2. The Hall–Kier alpha value is -3.12. The first-order valence-corrected chi connectivity index (χ1v) is 8.27. The number of carbonyl (C=O) groups is 1. The molecule has 0 atom stereocenters. The van der Waals surface area contributed by atoms with Gasteiger partial charge in [-0.1, -0.05) is 11.6 Å². The van der Waals surface area contributed by atoms with Gasteiger partial charge in [-0.25, -0.2) is 0 Å². The minimum absolute atomic E-state index is 0.302. The normalized spacial score (nSPS) is 10.2. The number of hydrogen-bond donors (Lipinski definition) is 2. The van der Waals surface area contributed by atoms with Gasteiger partial charge in [0.1, 0.15) is 11.4 Å². The predicted octanol–water partition coefficient (Wildman–Crippen LogP) is 4.00. The first-order chi connectivity index (χ1) is 12.7. The highest BCUT2D eigenvalue weighted by molar-refractivity contribution is 6.32. The van der Waals surface area contributed by atoms with Crippen LogP contribution in [0.4, 0.5) is 11.4 Å². The van der Waals surface area contributed by atoms with Crippen LogP contribution < -0.4 is 15.4 Å². The lowest BCUT2D eigenvalue weighted by Crippen LogP contribution is -2.14. The van der Waals surface area contributed by atoms with E-state index in [-0.39, 0.29) is 5.91 Å². The first kappa shape index (κ1) is 17.7. The third kappa shape index (κ3) is 4.49. The minimum atomic E-state index is -0.321. The fourth-order valence-corrected chi connectivity index (χ4v) is 2.57. The van der Waals surface area contributed by atoms with E-state index in [2.05, 4.69) is 20.6 Å². The Morgan fingerprint density at radius 1 is 1.08 bits per heavy atom. The molecule has 0 radical (unpaired) electrons. The zero-order chi connectivity index (χ0) is 18.4. The van der Waals surface area contributed by atoms with Gasteiger partial charge < -0.3 is 15.4 Å². The molecule has 0 fully saturated rings. The highest BCUT2D eigenvalue weighted by atomic mass is 35.5. The van der Waals surface area contributed by atoms with Crippen molar-refractivity contribution in [2.75, 3.05) is 17.7 Å². The molecule has 2 aromatic heterocycles. The number of methoxy groups -OCH3 is 1. The van der Waals surface area contributed by atoms with Crippen LogP contribution in [0.2, 0.25) is 5.02 Å². The fraction of sp³-hybridized carbons (Fsp3) is 0.105. The zero-order valence-corrected chi connectivity index (χ0v) is 14.8. The summed E-state index contributed by atoms with van der Waals surface area (Å²) in [6, 6.07) is 12.4. The number of rotatable bonds is 6. The molecule has 2 heterocycles. The van der Waals surface area contributed by atoms with E-state index in [1.165, 1.54) is 7.11 Å². The SMILES string of the molecule is COc1ccc(NC(=O)c2cc(NCc3ccncc3)ccn2)cc1Cl. The second-order valence-electron chi connectivity index (χ2n) is 5.44. The zero-order valence-electron chi connectivity index (χ0n) is 14.1. The molecule has 0 bridgehead atoms. The van der Waals surface area contributed by atoms with Crippen molar-refractivity contribution >= 4 is 28.9 Å². The maximum Gasteiger partial charge on any atom is 0.274 e. The Balaban J connectivity index is 1.67. The van der Waals surface area contributed by atoms with Crippen LogP contribution in [-0.4, -0.2) is 23.0 Å². The second-order valence-corrected chi connectivity index (χ2v) is 5.85. The van der Waals surface area contributed by atoms with E-state index in [0.717, 1.165) is 11.3 Å². The molecule has 0 spiro atoms. The quantitative estimate of drug-likeness (QED) is 0.687. The van der Waals surface area contributed by atoms with E-state index >= 15 is 0 Å². The number of pyridine rings is 2. The molecule has 0 unspecified atom stereocenters. The van der Waals surface area contributed by atoms with Crippen LogP contribution in [0, 0.1) is 0 Å². The third-order valence-electron chi connectivity index (χ3n) is 3.65. The maximum absolute atomic E-state index is 12.4. The van der Waals surface area contributed by atoms with Crippen molar-refractivity contribution in [2.24, 2.45) is 0 Å². The number of ether oxygens (including phenoxy) is 1. The molecular formula is C19H17ClN4O2. The van der Waals surface area contributed by atoms with Crippen molar-refractivity contribution in [3.8, 4) is 5.75 Å². The van der Waals surface area contributed by atoms with Crippen LogP contribution in [0.1, 0.15) is 16.1 Å². The number of anilines is 2. The highest BCUT2D eigenvalue weighted by Crippen LogP contribution is 2.27. The van der Waals surface area contributed by atoms with Crippen LogP contribution in [0.25, 0.3) is 0 Å². The van der Waals surface area contributed by atoms with Crippen molar-refractivity contribution < 1.29 is 9.53 Å². The molecule has 3 rings (SSSR count). The maximum atomic E-state index is 12.4. The molecule has 2 N–H and O–H groups in total. The van der Waals surface area contributed by atoms with E-state index < -0.39 is 0 Å². The molecular weight excluding hydrogens is 352 g/mol. The Morgan fingerprint density at radius 2 is 1.88 bits per heavy atom. The largest absolute Gasteiger partial charge is 0.495 e. The molecule has 0 saturated carbocycles. The fourth-order valence-electron chi connectivity index (χ4n) is 2.31. The first-order valence-electron chi connectivity index (χ1n) is 7.89. The number of nitrogens with zero attached hydrogens (tertiary/aromatic N) is 2. The van der Waals surface area contributed by atoms with Gasteiger partial charge in [-0.2, -0.15) is 0 Å². The van der Waals surface area contributed by atoms with E-state index in [4.69, 9.17) is 16.3 Å². The Morgan fingerprint density at radius 3 is 2.62 bits per heavy atom. The summed E-state index contributed by atoms with van der Waals surface area (Å²) in [5, 5.41) is 6.45. The smallest absolute Gasteiger partial charge is 0.274 e. The Kier molecular flexibility index (Phi) is 5.66. The van der Waals surface area contributed by atoms with Crippen LogP contribution >= 0.6 is 11.6 Å². The lowest BCUT2D eigenvalue weighted by molar-refractivity contribution is 0.102. The van der Waals surface area contributed by atoms with Crippen LogP contribution in [-0.2, 0) is 6.54 Å². The average Bonchev–Trinajstić information content (AvgIpc) is 2.67. The number of benzene rings is 1. The van der Waals surface area contributed by atoms with Gasteiger partial charge in [-0.3, -0.25) is 14.8 Å². The number of amides is 1. The molecule has 0 aliphatic heterocycles. The average molecular weight is 369 g/mol. The molecule has 26 heavy (non-hydrogen) atoms. The molecule has 3 aromatic rings.